The molecule has 0 unspecified atom stereocenters. The second kappa shape index (κ2) is 4.06. The van der Waals surface area contributed by atoms with Crippen molar-refractivity contribution in [2.24, 2.45) is 0 Å². The second-order valence-electron chi connectivity index (χ2n) is 3.75. The van der Waals surface area contributed by atoms with E-state index in [4.69, 9.17) is 10.5 Å². The van der Waals surface area contributed by atoms with Crippen LogP contribution in [0.2, 0.25) is 0 Å². The van der Waals surface area contributed by atoms with Crippen molar-refractivity contribution >= 4 is 5.82 Å². The van der Waals surface area contributed by atoms with Crippen LogP contribution in [-0.2, 0) is 17.8 Å². The summed E-state index contributed by atoms with van der Waals surface area (Å²) in [6.45, 7) is 1.16. The van der Waals surface area contributed by atoms with Gasteiger partial charge in [-0.1, -0.05) is 0 Å². The van der Waals surface area contributed by atoms with Crippen LogP contribution in [0.5, 0.6) is 0 Å². The molecule has 0 aliphatic carbocycles. The second-order valence-corrected chi connectivity index (χ2v) is 3.75. The number of nitrogens with zero attached hydrogens (tertiary/aromatic N) is 4. The van der Waals surface area contributed by atoms with Gasteiger partial charge in [0.25, 0.3) is 0 Å². The molecule has 1 aliphatic rings. The first-order valence-corrected chi connectivity index (χ1v) is 5.34. The molecule has 6 nitrogen and oxygen atoms in total. The minimum absolute atomic E-state index is 0.468. The Bertz CT molecular complexity index is 543. The zero-order chi connectivity index (χ0) is 11.7. The third-order valence-corrected chi connectivity index (χ3v) is 2.65. The Labute approximate surface area is 97.9 Å². The van der Waals surface area contributed by atoms with Crippen LogP contribution in [0.15, 0.2) is 18.6 Å². The van der Waals surface area contributed by atoms with Gasteiger partial charge < -0.3 is 10.5 Å². The van der Waals surface area contributed by atoms with Crippen LogP contribution in [0.4, 0.5) is 5.82 Å². The lowest BCUT2D eigenvalue weighted by molar-refractivity contribution is 0.109. The van der Waals surface area contributed by atoms with Crippen LogP contribution in [-0.4, -0.2) is 26.5 Å². The van der Waals surface area contributed by atoms with E-state index in [9.17, 15) is 0 Å². The van der Waals surface area contributed by atoms with Crippen molar-refractivity contribution in [1.29, 1.82) is 0 Å². The molecule has 0 amide bonds. The molecular formula is C11H11N5O. The van der Waals surface area contributed by atoms with Crippen molar-refractivity contribution in [2.45, 2.75) is 13.0 Å². The van der Waals surface area contributed by atoms with E-state index in [2.05, 4.69) is 19.9 Å². The molecule has 6 heteroatoms. The molecule has 0 atom stereocenters. The summed E-state index contributed by atoms with van der Waals surface area (Å²) in [7, 11) is 0. The van der Waals surface area contributed by atoms with E-state index in [-0.39, 0.29) is 0 Å². The number of nitrogen functional groups attached to an aromatic ring is 1. The van der Waals surface area contributed by atoms with Gasteiger partial charge in [-0.2, -0.15) is 0 Å². The van der Waals surface area contributed by atoms with Gasteiger partial charge in [-0.05, 0) is 0 Å². The molecule has 0 spiro atoms. The number of rotatable bonds is 1. The van der Waals surface area contributed by atoms with Crippen LogP contribution >= 0.6 is 0 Å². The van der Waals surface area contributed by atoms with Gasteiger partial charge in [0.05, 0.1) is 25.1 Å². The normalized spacial score (nSPS) is 14.4. The van der Waals surface area contributed by atoms with Crippen LogP contribution < -0.4 is 5.73 Å². The topological polar surface area (TPSA) is 86.8 Å². The van der Waals surface area contributed by atoms with E-state index in [1.165, 1.54) is 0 Å². The Balaban J connectivity index is 2.11. The number of ether oxygens (including phenoxy) is 1. The zero-order valence-corrected chi connectivity index (χ0v) is 9.13. The number of aromatic nitrogens is 4. The average molecular weight is 229 g/mol. The molecule has 1 aliphatic heterocycles. The summed E-state index contributed by atoms with van der Waals surface area (Å²) in [5.74, 6) is 0.992. The van der Waals surface area contributed by atoms with E-state index in [0.29, 0.717) is 30.5 Å². The fourth-order valence-corrected chi connectivity index (χ4v) is 1.79. The minimum Gasteiger partial charge on any atom is -0.383 e. The molecule has 86 valence electrons. The van der Waals surface area contributed by atoms with Crippen molar-refractivity contribution in [3.05, 3.63) is 29.8 Å². The summed E-state index contributed by atoms with van der Waals surface area (Å²) in [6.07, 6.45) is 5.60. The predicted octanol–water partition coefficient (Wildman–Crippen LogP) is 0.588. The van der Waals surface area contributed by atoms with Gasteiger partial charge in [-0.25, -0.2) is 15.0 Å². The summed E-state index contributed by atoms with van der Waals surface area (Å²) >= 11 is 0. The van der Waals surface area contributed by atoms with Gasteiger partial charge >= 0.3 is 0 Å². The van der Waals surface area contributed by atoms with Gasteiger partial charge in [0.2, 0.25) is 0 Å². The highest BCUT2D eigenvalue weighted by Gasteiger charge is 2.17. The van der Waals surface area contributed by atoms with Crippen LogP contribution in [0.1, 0.15) is 11.3 Å². The van der Waals surface area contributed by atoms with E-state index in [1.807, 2.05) is 0 Å². The quantitative estimate of drug-likeness (QED) is 0.770. The first-order valence-electron chi connectivity index (χ1n) is 5.34. The molecule has 2 aromatic rings. The Morgan fingerprint density at radius 3 is 3.00 bits per heavy atom. The maximum atomic E-state index is 5.90. The summed E-state index contributed by atoms with van der Waals surface area (Å²) in [5.41, 5.74) is 8.37. The summed E-state index contributed by atoms with van der Waals surface area (Å²) in [4.78, 5) is 16.9. The van der Waals surface area contributed by atoms with Gasteiger partial charge in [0.1, 0.15) is 11.5 Å². The first kappa shape index (κ1) is 10.1. The predicted molar refractivity (Wildman–Crippen MR) is 60.8 cm³/mol. The minimum atomic E-state index is 0.468. The molecular weight excluding hydrogens is 218 g/mol. The van der Waals surface area contributed by atoms with Gasteiger partial charge in [0.15, 0.2) is 5.82 Å². The fraction of sp³-hybridized carbons (Fsp3) is 0.273. The van der Waals surface area contributed by atoms with E-state index in [0.717, 1.165) is 17.7 Å². The Hall–Kier alpha value is -2.08. The monoisotopic (exact) mass is 229 g/mol. The third-order valence-electron chi connectivity index (χ3n) is 2.65. The van der Waals surface area contributed by atoms with E-state index in [1.54, 1.807) is 18.6 Å². The summed E-state index contributed by atoms with van der Waals surface area (Å²) in [5, 5.41) is 0. The number of anilines is 1. The SMILES string of the molecule is Nc1nc(-c2cnccn2)nc2c1COCC2. The molecule has 2 aromatic heterocycles. The molecule has 17 heavy (non-hydrogen) atoms. The molecule has 2 N–H and O–H groups in total. The van der Waals surface area contributed by atoms with Gasteiger partial charge in [-0.15, -0.1) is 0 Å². The van der Waals surface area contributed by atoms with Crippen molar-refractivity contribution in [3.63, 3.8) is 0 Å². The zero-order valence-electron chi connectivity index (χ0n) is 9.13. The van der Waals surface area contributed by atoms with Gasteiger partial charge in [-0.3, -0.25) is 4.98 Å². The smallest absolute Gasteiger partial charge is 0.182 e. The Kier molecular flexibility index (Phi) is 2.41. The lowest BCUT2D eigenvalue weighted by atomic mass is 10.1. The number of nitrogens with two attached hydrogens (primary N) is 1. The lowest BCUT2D eigenvalue weighted by Gasteiger charge is -2.17. The Morgan fingerprint density at radius 1 is 1.24 bits per heavy atom. The summed E-state index contributed by atoms with van der Waals surface area (Å²) < 4.78 is 5.33. The highest BCUT2D eigenvalue weighted by atomic mass is 16.5. The maximum absolute atomic E-state index is 5.90. The van der Waals surface area contributed by atoms with Crippen LogP contribution in [0.25, 0.3) is 11.5 Å². The van der Waals surface area contributed by atoms with Crippen LogP contribution in [0.3, 0.4) is 0 Å². The van der Waals surface area contributed by atoms with Crippen molar-refractivity contribution in [3.8, 4) is 11.5 Å². The molecule has 0 aromatic carbocycles. The average Bonchev–Trinajstić information content (AvgIpc) is 2.40. The molecule has 0 radical (unpaired) electrons. The van der Waals surface area contributed by atoms with E-state index >= 15 is 0 Å². The molecule has 3 rings (SSSR count). The van der Waals surface area contributed by atoms with Crippen molar-refractivity contribution in [2.75, 3.05) is 12.3 Å². The number of hydrogen-bond donors (Lipinski definition) is 1. The van der Waals surface area contributed by atoms with E-state index < -0.39 is 0 Å². The van der Waals surface area contributed by atoms with Gasteiger partial charge in [0, 0.05) is 24.4 Å². The highest BCUT2D eigenvalue weighted by Crippen LogP contribution is 2.22. The van der Waals surface area contributed by atoms with Crippen molar-refractivity contribution in [1.82, 2.24) is 19.9 Å². The molecule has 0 saturated carbocycles. The summed E-state index contributed by atoms with van der Waals surface area (Å²) in [6, 6.07) is 0. The fourth-order valence-electron chi connectivity index (χ4n) is 1.79. The largest absolute Gasteiger partial charge is 0.383 e. The molecule has 0 saturated heterocycles. The molecule has 0 bridgehead atoms. The maximum Gasteiger partial charge on any atom is 0.182 e. The Morgan fingerprint density at radius 2 is 2.18 bits per heavy atom. The lowest BCUT2D eigenvalue weighted by Crippen LogP contribution is -2.16. The molecule has 0 fully saturated rings. The van der Waals surface area contributed by atoms with Crippen LogP contribution in [0, 0.1) is 0 Å². The standard InChI is InChI=1S/C11H11N5O/c12-10-7-6-17-4-1-8(7)15-11(16-10)9-5-13-2-3-14-9/h2-3,5H,1,4,6H2,(H2,12,15,16). The number of hydrogen-bond acceptors (Lipinski definition) is 6. The van der Waals surface area contributed by atoms with Crippen molar-refractivity contribution < 1.29 is 4.74 Å². The first-order chi connectivity index (χ1) is 8.34. The molecule has 3 heterocycles. The third kappa shape index (κ3) is 1.83. The highest BCUT2D eigenvalue weighted by molar-refractivity contribution is 5.54. The number of fused-ring (bicyclic) bond motifs is 1.